The Bertz CT molecular complexity index is 449. The van der Waals surface area contributed by atoms with Crippen molar-refractivity contribution < 1.29 is 0 Å². The predicted molar refractivity (Wildman–Crippen MR) is 61.1 cm³/mol. The first-order chi connectivity index (χ1) is 6.86. The van der Waals surface area contributed by atoms with E-state index in [9.17, 15) is 0 Å². The number of rotatable bonds is 2. The third-order valence-electron chi connectivity index (χ3n) is 2.54. The number of nitrogen functional groups attached to an aromatic ring is 1. The van der Waals surface area contributed by atoms with Gasteiger partial charge in [0.15, 0.2) is 0 Å². The van der Waals surface area contributed by atoms with Crippen LogP contribution in [0, 0.1) is 0 Å². The summed E-state index contributed by atoms with van der Waals surface area (Å²) in [7, 11) is 0. The molecule has 2 aromatic rings. The summed E-state index contributed by atoms with van der Waals surface area (Å²) in [5.41, 5.74) is 5.09. The molecule has 0 amide bonds. The number of aryl methyl sites for hydroxylation is 1. The van der Waals surface area contributed by atoms with Gasteiger partial charge in [-0.05, 0) is 17.4 Å². The first kappa shape index (κ1) is 9.03. The van der Waals surface area contributed by atoms with E-state index in [2.05, 4.69) is 36.6 Å². The van der Waals surface area contributed by atoms with Gasteiger partial charge in [-0.15, -0.1) is 0 Å². The number of nitrogens with two attached hydrogens (primary N) is 1. The lowest BCUT2D eigenvalue weighted by Gasteiger charge is -2.10. The maximum atomic E-state index is 5.54. The molecule has 0 aliphatic heterocycles. The molecule has 0 bridgehead atoms. The van der Waals surface area contributed by atoms with Crippen molar-refractivity contribution in [3.63, 3.8) is 0 Å². The van der Waals surface area contributed by atoms with E-state index >= 15 is 0 Å². The molecule has 0 unspecified atom stereocenters. The lowest BCUT2D eigenvalue weighted by atomic mass is 10.0. The Morgan fingerprint density at radius 1 is 1.14 bits per heavy atom. The largest absolute Gasteiger partial charge is 0.323 e. The van der Waals surface area contributed by atoms with Gasteiger partial charge in [-0.1, -0.05) is 43.3 Å². The van der Waals surface area contributed by atoms with Crippen LogP contribution < -0.4 is 11.3 Å². The second kappa shape index (κ2) is 3.68. The average Bonchev–Trinajstić information content (AvgIpc) is 2.27. The monoisotopic (exact) mass is 186 g/mol. The minimum Gasteiger partial charge on any atom is -0.323 e. The topological polar surface area (TPSA) is 38.0 Å². The Kier molecular flexibility index (Phi) is 2.37. The summed E-state index contributed by atoms with van der Waals surface area (Å²) in [6.07, 6.45) is 0.990. The van der Waals surface area contributed by atoms with E-state index in [1.807, 2.05) is 12.1 Å². The van der Waals surface area contributed by atoms with E-state index in [0.717, 1.165) is 12.1 Å². The molecule has 2 heteroatoms. The zero-order chi connectivity index (χ0) is 9.97. The van der Waals surface area contributed by atoms with Crippen molar-refractivity contribution in [3.8, 4) is 0 Å². The first-order valence-electron chi connectivity index (χ1n) is 4.84. The Morgan fingerprint density at radius 3 is 2.64 bits per heavy atom. The highest BCUT2D eigenvalue weighted by Gasteiger charge is 2.03. The number of benzene rings is 2. The van der Waals surface area contributed by atoms with Crippen LogP contribution in [0.4, 0.5) is 5.69 Å². The summed E-state index contributed by atoms with van der Waals surface area (Å²) in [6, 6.07) is 12.5. The summed E-state index contributed by atoms with van der Waals surface area (Å²) in [5, 5.41) is 2.41. The van der Waals surface area contributed by atoms with Crippen molar-refractivity contribution in [2.45, 2.75) is 13.3 Å². The number of hydrazine groups is 1. The fraction of sp³-hybridized carbons (Fsp3) is 0.167. The fourth-order valence-corrected chi connectivity index (χ4v) is 1.78. The summed E-state index contributed by atoms with van der Waals surface area (Å²) < 4.78 is 0. The molecule has 0 saturated heterocycles. The van der Waals surface area contributed by atoms with Gasteiger partial charge in [0.2, 0.25) is 0 Å². The van der Waals surface area contributed by atoms with Crippen LogP contribution in [0.3, 0.4) is 0 Å². The number of fused-ring (bicyclic) bond motifs is 1. The zero-order valence-corrected chi connectivity index (χ0v) is 8.25. The molecule has 2 rings (SSSR count). The fourth-order valence-electron chi connectivity index (χ4n) is 1.78. The Balaban J connectivity index is 2.77. The minimum absolute atomic E-state index is 0.990. The molecule has 3 N–H and O–H groups in total. The van der Waals surface area contributed by atoms with Gasteiger partial charge in [-0.25, -0.2) is 0 Å². The quantitative estimate of drug-likeness (QED) is 0.559. The Labute approximate surface area is 83.7 Å². The highest BCUT2D eigenvalue weighted by Crippen LogP contribution is 2.26. The maximum absolute atomic E-state index is 5.54. The molecule has 0 radical (unpaired) electrons. The minimum atomic E-state index is 0.990. The molecule has 0 spiro atoms. The first-order valence-corrected chi connectivity index (χ1v) is 4.84. The van der Waals surface area contributed by atoms with Crippen LogP contribution in [-0.2, 0) is 6.42 Å². The molecular weight excluding hydrogens is 172 g/mol. The molecule has 0 aliphatic carbocycles. The Hall–Kier alpha value is -1.54. The molecule has 14 heavy (non-hydrogen) atoms. The SMILES string of the molecule is CCc1ccc2ccccc2c1NN. The van der Waals surface area contributed by atoms with Gasteiger partial charge in [0.05, 0.1) is 5.69 Å². The van der Waals surface area contributed by atoms with Gasteiger partial charge in [-0.3, -0.25) is 5.84 Å². The van der Waals surface area contributed by atoms with Gasteiger partial charge in [-0.2, -0.15) is 0 Å². The van der Waals surface area contributed by atoms with Gasteiger partial charge >= 0.3 is 0 Å². The summed E-state index contributed by atoms with van der Waals surface area (Å²) in [5.74, 6) is 5.54. The molecule has 0 aliphatic rings. The molecule has 0 fully saturated rings. The van der Waals surface area contributed by atoms with Crippen molar-refractivity contribution >= 4 is 16.5 Å². The van der Waals surface area contributed by atoms with Crippen LogP contribution in [0.25, 0.3) is 10.8 Å². The van der Waals surface area contributed by atoms with Gasteiger partial charge in [0.25, 0.3) is 0 Å². The predicted octanol–water partition coefficient (Wildman–Crippen LogP) is 2.69. The van der Waals surface area contributed by atoms with E-state index in [-0.39, 0.29) is 0 Å². The van der Waals surface area contributed by atoms with Crippen LogP contribution in [0.15, 0.2) is 36.4 Å². The van der Waals surface area contributed by atoms with Crippen LogP contribution >= 0.6 is 0 Å². The molecule has 0 saturated carbocycles. The number of hydrogen-bond donors (Lipinski definition) is 2. The average molecular weight is 186 g/mol. The van der Waals surface area contributed by atoms with E-state index in [1.165, 1.54) is 16.3 Å². The molecule has 72 valence electrons. The van der Waals surface area contributed by atoms with E-state index < -0.39 is 0 Å². The van der Waals surface area contributed by atoms with Gasteiger partial charge in [0, 0.05) is 5.39 Å². The van der Waals surface area contributed by atoms with Gasteiger partial charge < -0.3 is 5.43 Å². The zero-order valence-electron chi connectivity index (χ0n) is 8.25. The normalized spacial score (nSPS) is 10.4. The van der Waals surface area contributed by atoms with Crippen LogP contribution in [0.5, 0.6) is 0 Å². The van der Waals surface area contributed by atoms with Crippen molar-refractivity contribution in [1.82, 2.24) is 0 Å². The number of hydrogen-bond acceptors (Lipinski definition) is 2. The highest BCUT2D eigenvalue weighted by molar-refractivity contribution is 5.95. The van der Waals surface area contributed by atoms with Crippen molar-refractivity contribution in [2.24, 2.45) is 5.84 Å². The number of nitrogens with one attached hydrogen (secondary N) is 1. The van der Waals surface area contributed by atoms with Gasteiger partial charge in [0.1, 0.15) is 0 Å². The van der Waals surface area contributed by atoms with Crippen molar-refractivity contribution in [3.05, 3.63) is 42.0 Å². The third kappa shape index (κ3) is 1.34. The van der Waals surface area contributed by atoms with Crippen molar-refractivity contribution in [1.29, 1.82) is 0 Å². The molecule has 2 aromatic carbocycles. The molecule has 0 atom stereocenters. The maximum Gasteiger partial charge on any atom is 0.0595 e. The standard InChI is InChI=1S/C12H14N2/c1-2-9-7-8-10-5-3-4-6-11(10)12(9)14-13/h3-8,14H,2,13H2,1H3. The lowest BCUT2D eigenvalue weighted by molar-refractivity contribution is 1.13. The smallest absolute Gasteiger partial charge is 0.0595 e. The summed E-state index contributed by atoms with van der Waals surface area (Å²) >= 11 is 0. The third-order valence-corrected chi connectivity index (χ3v) is 2.54. The van der Waals surface area contributed by atoms with E-state index in [1.54, 1.807) is 0 Å². The molecular formula is C12H14N2. The molecule has 0 aromatic heterocycles. The van der Waals surface area contributed by atoms with Crippen LogP contribution in [0.1, 0.15) is 12.5 Å². The summed E-state index contributed by atoms with van der Waals surface area (Å²) in [6.45, 7) is 2.13. The molecule has 2 nitrogen and oxygen atoms in total. The highest BCUT2D eigenvalue weighted by atomic mass is 15.2. The van der Waals surface area contributed by atoms with Crippen molar-refractivity contribution in [2.75, 3.05) is 5.43 Å². The number of anilines is 1. The van der Waals surface area contributed by atoms with E-state index in [4.69, 9.17) is 5.84 Å². The van der Waals surface area contributed by atoms with Crippen LogP contribution in [0.2, 0.25) is 0 Å². The second-order valence-electron chi connectivity index (χ2n) is 3.32. The Morgan fingerprint density at radius 2 is 1.93 bits per heavy atom. The molecule has 0 heterocycles. The van der Waals surface area contributed by atoms with E-state index in [0.29, 0.717) is 0 Å². The second-order valence-corrected chi connectivity index (χ2v) is 3.32. The van der Waals surface area contributed by atoms with Crippen LogP contribution in [-0.4, -0.2) is 0 Å². The summed E-state index contributed by atoms with van der Waals surface area (Å²) in [4.78, 5) is 0. The lowest BCUT2D eigenvalue weighted by Crippen LogP contribution is -2.09.